The zero-order valence-corrected chi connectivity index (χ0v) is 10.2. The van der Waals surface area contributed by atoms with Crippen LogP contribution in [-0.4, -0.2) is 49.4 Å². The lowest BCUT2D eigenvalue weighted by Gasteiger charge is -2.22. The van der Waals surface area contributed by atoms with Gasteiger partial charge in [0.25, 0.3) is 5.91 Å². The SMILES string of the molecule is COC(CN1C(=O)NC2(CCCC2)C1=O)OC. The second-order valence-electron chi connectivity index (χ2n) is 4.54. The molecule has 0 aromatic rings. The summed E-state index contributed by atoms with van der Waals surface area (Å²) in [7, 11) is 2.97. The lowest BCUT2D eigenvalue weighted by molar-refractivity contribution is -0.141. The molecule has 0 radical (unpaired) electrons. The first-order chi connectivity index (χ1) is 8.13. The Morgan fingerprint density at radius 3 is 2.41 bits per heavy atom. The number of hydrogen-bond acceptors (Lipinski definition) is 4. The molecule has 2 fully saturated rings. The average molecular weight is 242 g/mol. The Kier molecular flexibility index (Phi) is 3.35. The van der Waals surface area contributed by atoms with Gasteiger partial charge in [0.15, 0.2) is 6.29 Å². The predicted octanol–water partition coefficient (Wildman–Crippen LogP) is 0.470. The third-order valence-corrected chi connectivity index (χ3v) is 3.56. The molecule has 1 aliphatic carbocycles. The van der Waals surface area contributed by atoms with Crippen LogP contribution in [0.25, 0.3) is 0 Å². The molecule has 0 unspecified atom stereocenters. The van der Waals surface area contributed by atoms with E-state index in [0.29, 0.717) is 0 Å². The molecule has 96 valence electrons. The summed E-state index contributed by atoms with van der Waals surface area (Å²) in [6, 6.07) is -0.337. The Bertz CT molecular complexity index is 321. The van der Waals surface area contributed by atoms with Crippen LogP contribution >= 0.6 is 0 Å². The number of methoxy groups -OCH3 is 2. The monoisotopic (exact) mass is 242 g/mol. The van der Waals surface area contributed by atoms with Crippen molar-refractivity contribution in [1.29, 1.82) is 0 Å². The van der Waals surface area contributed by atoms with Crippen molar-refractivity contribution in [2.24, 2.45) is 0 Å². The van der Waals surface area contributed by atoms with Crippen LogP contribution in [0.4, 0.5) is 4.79 Å². The number of nitrogens with one attached hydrogen (secondary N) is 1. The maximum absolute atomic E-state index is 12.2. The van der Waals surface area contributed by atoms with Crippen molar-refractivity contribution in [3.05, 3.63) is 0 Å². The van der Waals surface area contributed by atoms with Gasteiger partial charge in [0, 0.05) is 14.2 Å². The molecule has 1 aliphatic heterocycles. The number of carbonyl (C=O) groups excluding carboxylic acids is 2. The van der Waals surface area contributed by atoms with E-state index in [9.17, 15) is 9.59 Å². The Labute approximate surface area is 100 Å². The van der Waals surface area contributed by atoms with Crippen molar-refractivity contribution < 1.29 is 19.1 Å². The van der Waals surface area contributed by atoms with Crippen LogP contribution in [0.2, 0.25) is 0 Å². The zero-order valence-electron chi connectivity index (χ0n) is 10.2. The van der Waals surface area contributed by atoms with Crippen molar-refractivity contribution in [2.75, 3.05) is 20.8 Å². The molecule has 0 aromatic heterocycles. The molecule has 1 spiro atoms. The van der Waals surface area contributed by atoms with E-state index < -0.39 is 11.8 Å². The Morgan fingerprint density at radius 1 is 1.29 bits per heavy atom. The summed E-state index contributed by atoms with van der Waals surface area (Å²) in [5.74, 6) is -0.140. The Hall–Kier alpha value is -1.14. The summed E-state index contributed by atoms with van der Waals surface area (Å²) in [6.45, 7) is 0.138. The highest BCUT2D eigenvalue weighted by molar-refractivity contribution is 6.07. The molecule has 2 rings (SSSR count). The van der Waals surface area contributed by atoms with Gasteiger partial charge in [-0.05, 0) is 12.8 Å². The van der Waals surface area contributed by atoms with Crippen molar-refractivity contribution in [3.8, 4) is 0 Å². The fraction of sp³-hybridized carbons (Fsp3) is 0.818. The summed E-state index contributed by atoms with van der Waals surface area (Å²) in [6.07, 6.45) is 2.87. The van der Waals surface area contributed by atoms with Crippen molar-refractivity contribution >= 4 is 11.9 Å². The van der Waals surface area contributed by atoms with Crippen LogP contribution in [-0.2, 0) is 14.3 Å². The fourth-order valence-corrected chi connectivity index (χ4v) is 2.55. The number of hydrogen-bond donors (Lipinski definition) is 1. The van der Waals surface area contributed by atoms with Gasteiger partial charge in [0.2, 0.25) is 0 Å². The third kappa shape index (κ3) is 2.02. The van der Waals surface area contributed by atoms with Gasteiger partial charge < -0.3 is 14.8 Å². The fourth-order valence-electron chi connectivity index (χ4n) is 2.55. The third-order valence-electron chi connectivity index (χ3n) is 3.56. The molecule has 1 N–H and O–H groups in total. The summed E-state index contributed by atoms with van der Waals surface area (Å²) < 4.78 is 10.0. The highest BCUT2D eigenvalue weighted by Gasteiger charge is 2.52. The van der Waals surface area contributed by atoms with E-state index in [1.807, 2.05) is 0 Å². The van der Waals surface area contributed by atoms with Gasteiger partial charge in [-0.2, -0.15) is 0 Å². The van der Waals surface area contributed by atoms with Crippen molar-refractivity contribution in [3.63, 3.8) is 0 Å². The van der Waals surface area contributed by atoms with Gasteiger partial charge in [-0.3, -0.25) is 9.69 Å². The van der Waals surface area contributed by atoms with Gasteiger partial charge in [-0.25, -0.2) is 4.79 Å². The van der Waals surface area contributed by atoms with Gasteiger partial charge in [-0.1, -0.05) is 12.8 Å². The topological polar surface area (TPSA) is 67.9 Å². The highest BCUT2D eigenvalue weighted by atomic mass is 16.7. The second kappa shape index (κ2) is 4.62. The molecule has 0 bridgehead atoms. The highest BCUT2D eigenvalue weighted by Crippen LogP contribution is 2.35. The van der Waals surface area contributed by atoms with Crippen LogP contribution in [0, 0.1) is 0 Å². The normalized spacial score (nSPS) is 22.9. The van der Waals surface area contributed by atoms with Crippen molar-refractivity contribution in [2.45, 2.75) is 37.5 Å². The molecular weight excluding hydrogens is 224 g/mol. The molecule has 1 saturated heterocycles. The average Bonchev–Trinajstić information content (AvgIpc) is 2.87. The van der Waals surface area contributed by atoms with Crippen LogP contribution in [0.15, 0.2) is 0 Å². The number of urea groups is 1. The van der Waals surface area contributed by atoms with Gasteiger partial charge in [0.1, 0.15) is 5.54 Å². The van der Waals surface area contributed by atoms with E-state index in [2.05, 4.69) is 5.32 Å². The molecule has 0 atom stereocenters. The molecule has 6 heteroatoms. The molecule has 1 saturated carbocycles. The number of rotatable bonds is 4. The quantitative estimate of drug-likeness (QED) is 0.575. The van der Waals surface area contributed by atoms with Gasteiger partial charge in [0.05, 0.1) is 6.54 Å². The van der Waals surface area contributed by atoms with E-state index >= 15 is 0 Å². The van der Waals surface area contributed by atoms with Crippen molar-refractivity contribution in [1.82, 2.24) is 10.2 Å². The molecule has 2 aliphatic rings. The lowest BCUT2D eigenvalue weighted by Crippen LogP contribution is -2.45. The first-order valence-electron chi connectivity index (χ1n) is 5.82. The largest absolute Gasteiger partial charge is 0.354 e. The minimum atomic E-state index is -0.650. The van der Waals surface area contributed by atoms with E-state index in [-0.39, 0.29) is 18.5 Å². The number of carbonyl (C=O) groups is 2. The molecule has 17 heavy (non-hydrogen) atoms. The van der Waals surface area contributed by atoms with Gasteiger partial charge >= 0.3 is 6.03 Å². The van der Waals surface area contributed by atoms with Crippen LogP contribution < -0.4 is 5.32 Å². The summed E-state index contributed by atoms with van der Waals surface area (Å²) >= 11 is 0. The first-order valence-corrected chi connectivity index (χ1v) is 5.82. The number of nitrogens with zero attached hydrogens (tertiary/aromatic N) is 1. The minimum Gasteiger partial charge on any atom is -0.354 e. The molecular formula is C11H18N2O4. The number of imide groups is 1. The smallest absolute Gasteiger partial charge is 0.325 e. The van der Waals surface area contributed by atoms with Crippen LogP contribution in [0.3, 0.4) is 0 Å². The van der Waals surface area contributed by atoms with Gasteiger partial charge in [-0.15, -0.1) is 0 Å². The Morgan fingerprint density at radius 2 is 1.88 bits per heavy atom. The number of amides is 3. The van der Waals surface area contributed by atoms with E-state index in [1.165, 1.54) is 19.1 Å². The van der Waals surface area contributed by atoms with E-state index in [4.69, 9.17) is 9.47 Å². The summed E-state index contributed by atoms with van der Waals surface area (Å²) in [5, 5.41) is 2.81. The molecule has 6 nitrogen and oxygen atoms in total. The van der Waals surface area contributed by atoms with E-state index in [1.54, 1.807) is 0 Å². The van der Waals surface area contributed by atoms with Crippen LogP contribution in [0.5, 0.6) is 0 Å². The molecule has 0 aromatic carbocycles. The number of ether oxygens (including phenoxy) is 2. The maximum atomic E-state index is 12.2. The maximum Gasteiger partial charge on any atom is 0.325 e. The minimum absolute atomic E-state index is 0.138. The van der Waals surface area contributed by atoms with Crippen LogP contribution in [0.1, 0.15) is 25.7 Å². The zero-order chi connectivity index (χ0) is 12.5. The standard InChI is InChI=1S/C11H18N2O4/c1-16-8(17-2)7-13-9(14)11(12-10(13)15)5-3-4-6-11/h8H,3-7H2,1-2H3,(H,12,15). The predicted molar refractivity (Wildman–Crippen MR) is 59.2 cm³/mol. The summed E-state index contributed by atoms with van der Waals surface area (Å²) in [5.41, 5.74) is -0.650. The Balaban J connectivity index is 2.08. The first kappa shape index (κ1) is 12.3. The molecule has 1 heterocycles. The van der Waals surface area contributed by atoms with E-state index in [0.717, 1.165) is 25.7 Å². The lowest BCUT2D eigenvalue weighted by atomic mass is 9.98. The molecule has 3 amide bonds. The summed E-state index contributed by atoms with van der Waals surface area (Å²) in [4.78, 5) is 25.2. The second-order valence-corrected chi connectivity index (χ2v) is 4.54.